The van der Waals surface area contributed by atoms with Gasteiger partial charge in [-0.3, -0.25) is 0 Å². The summed E-state index contributed by atoms with van der Waals surface area (Å²) in [5, 5.41) is 0. The van der Waals surface area contributed by atoms with Crippen molar-refractivity contribution in [2.45, 2.75) is 19.3 Å². The summed E-state index contributed by atoms with van der Waals surface area (Å²) in [6.45, 7) is 2.51. The third-order valence-electron chi connectivity index (χ3n) is 2.67. The smallest absolute Gasteiger partial charge is 0.147 e. The fourth-order valence-electron chi connectivity index (χ4n) is 1.62. The van der Waals surface area contributed by atoms with E-state index in [4.69, 9.17) is 5.73 Å². The molecule has 0 aromatic heterocycles. The van der Waals surface area contributed by atoms with Crippen molar-refractivity contribution in [2.24, 2.45) is 5.73 Å². The highest BCUT2D eigenvalue weighted by atomic mass is 32.2. The Hall–Kier alpha value is -0.870. The Kier molecular flexibility index (Phi) is 4.50. The molecule has 0 aliphatic rings. The Morgan fingerprint density at radius 2 is 1.81 bits per heavy atom. The highest BCUT2D eigenvalue weighted by Crippen LogP contribution is 2.19. The highest BCUT2D eigenvalue weighted by Gasteiger charge is 2.12. The van der Waals surface area contributed by atoms with Gasteiger partial charge in [0.25, 0.3) is 0 Å². The van der Waals surface area contributed by atoms with Gasteiger partial charge in [-0.05, 0) is 31.4 Å². The molecule has 0 bridgehead atoms. The SMILES string of the molecule is Cc1ccc(C(CN)CCS(C)(=O)=O)cc1. The Labute approximate surface area is 97.6 Å². The van der Waals surface area contributed by atoms with E-state index in [2.05, 4.69) is 0 Å². The second kappa shape index (κ2) is 5.46. The first-order chi connectivity index (χ1) is 7.42. The van der Waals surface area contributed by atoms with Crippen LogP contribution in [0, 0.1) is 6.92 Å². The molecule has 1 aromatic rings. The summed E-state index contributed by atoms with van der Waals surface area (Å²) in [7, 11) is -2.90. The topological polar surface area (TPSA) is 60.2 Å². The molecule has 90 valence electrons. The summed E-state index contributed by atoms with van der Waals surface area (Å²) in [5.41, 5.74) is 8.00. The van der Waals surface area contributed by atoms with Gasteiger partial charge in [-0.25, -0.2) is 8.42 Å². The number of aryl methyl sites for hydroxylation is 1. The minimum atomic E-state index is -2.90. The van der Waals surface area contributed by atoms with Crippen LogP contribution in [0.4, 0.5) is 0 Å². The lowest BCUT2D eigenvalue weighted by molar-refractivity contribution is 0.590. The molecule has 0 fully saturated rings. The van der Waals surface area contributed by atoms with Crippen molar-refractivity contribution < 1.29 is 8.42 Å². The number of rotatable bonds is 5. The maximum Gasteiger partial charge on any atom is 0.147 e. The number of benzene rings is 1. The summed E-state index contributed by atoms with van der Waals surface area (Å²) in [5.74, 6) is 0.332. The quantitative estimate of drug-likeness (QED) is 0.849. The molecule has 4 heteroatoms. The van der Waals surface area contributed by atoms with Crippen LogP contribution < -0.4 is 5.73 Å². The lowest BCUT2D eigenvalue weighted by atomic mass is 9.96. The van der Waals surface area contributed by atoms with E-state index in [9.17, 15) is 8.42 Å². The maximum absolute atomic E-state index is 11.1. The normalized spacial score (nSPS) is 13.7. The average molecular weight is 241 g/mol. The molecule has 1 atom stereocenters. The Morgan fingerprint density at radius 1 is 1.25 bits per heavy atom. The van der Waals surface area contributed by atoms with Gasteiger partial charge in [-0.1, -0.05) is 29.8 Å². The standard InChI is InChI=1S/C12H19NO2S/c1-10-3-5-11(6-4-10)12(9-13)7-8-16(2,14)15/h3-6,12H,7-9,13H2,1-2H3. The molecule has 0 heterocycles. The Bertz CT molecular complexity index is 423. The lowest BCUT2D eigenvalue weighted by Gasteiger charge is -2.14. The summed E-state index contributed by atoms with van der Waals surface area (Å²) in [6.07, 6.45) is 1.86. The fraction of sp³-hybridized carbons (Fsp3) is 0.500. The third-order valence-corrected chi connectivity index (χ3v) is 3.65. The van der Waals surface area contributed by atoms with E-state index in [0.29, 0.717) is 13.0 Å². The lowest BCUT2D eigenvalue weighted by Crippen LogP contribution is -2.16. The van der Waals surface area contributed by atoms with Crippen LogP contribution >= 0.6 is 0 Å². The van der Waals surface area contributed by atoms with Gasteiger partial charge >= 0.3 is 0 Å². The molecule has 1 aromatic carbocycles. The van der Waals surface area contributed by atoms with Crippen LogP contribution in [0.1, 0.15) is 23.5 Å². The van der Waals surface area contributed by atoms with Crippen molar-refractivity contribution in [3.05, 3.63) is 35.4 Å². The molecule has 0 spiro atoms. The Balaban J connectivity index is 2.71. The molecule has 0 amide bonds. The monoisotopic (exact) mass is 241 g/mol. The van der Waals surface area contributed by atoms with E-state index >= 15 is 0 Å². The molecular formula is C12H19NO2S. The van der Waals surface area contributed by atoms with E-state index in [1.165, 1.54) is 11.8 Å². The van der Waals surface area contributed by atoms with Gasteiger partial charge in [0.05, 0.1) is 5.75 Å². The number of hydrogen-bond acceptors (Lipinski definition) is 3. The van der Waals surface area contributed by atoms with Crippen LogP contribution in [0.25, 0.3) is 0 Å². The van der Waals surface area contributed by atoms with Crippen LogP contribution in [0.2, 0.25) is 0 Å². The van der Waals surface area contributed by atoms with Gasteiger partial charge in [0, 0.05) is 6.26 Å². The van der Waals surface area contributed by atoms with Crippen molar-refractivity contribution in [3.63, 3.8) is 0 Å². The van der Waals surface area contributed by atoms with Crippen LogP contribution in [0.3, 0.4) is 0 Å². The first-order valence-corrected chi connectivity index (χ1v) is 7.43. The van der Waals surface area contributed by atoms with E-state index in [-0.39, 0.29) is 11.7 Å². The third kappa shape index (κ3) is 4.33. The molecule has 1 rings (SSSR count). The zero-order chi connectivity index (χ0) is 12.2. The molecule has 0 aliphatic carbocycles. The van der Waals surface area contributed by atoms with Crippen molar-refractivity contribution in [2.75, 3.05) is 18.6 Å². The number of hydrogen-bond donors (Lipinski definition) is 1. The van der Waals surface area contributed by atoms with Gasteiger partial charge in [-0.2, -0.15) is 0 Å². The van der Waals surface area contributed by atoms with Crippen LogP contribution in [0.5, 0.6) is 0 Å². The summed E-state index contributed by atoms with van der Waals surface area (Å²) < 4.78 is 22.2. The van der Waals surface area contributed by atoms with E-state index in [1.54, 1.807) is 0 Å². The van der Waals surface area contributed by atoms with Crippen molar-refractivity contribution >= 4 is 9.84 Å². The zero-order valence-corrected chi connectivity index (χ0v) is 10.6. The highest BCUT2D eigenvalue weighted by molar-refractivity contribution is 7.90. The van der Waals surface area contributed by atoms with E-state index in [0.717, 1.165) is 5.56 Å². The summed E-state index contributed by atoms with van der Waals surface area (Å²) >= 11 is 0. The molecule has 2 N–H and O–H groups in total. The first kappa shape index (κ1) is 13.2. The molecule has 1 unspecified atom stereocenters. The van der Waals surface area contributed by atoms with Gasteiger partial charge in [0.1, 0.15) is 9.84 Å². The predicted octanol–water partition coefficient (Wildman–Crippen LogP) is 1.47. The van der Waals surface area contributed by atoms with Gasteiger partial charge in [-0.15, -0.1) is 0 Å². The maximum atomic E-state index is 11.1. The average Bonchev–Trinajstić information content (AvgIpc) is 2.20. The summed E-state index contributed by atoms with van der Waals surface area (Å²) in [4.78, 5) is 0. The largest absolute Gasteiger partial charge is 0.330 e. The second-order valence-corrected chi connectivity index (χ2v) is 6.52. The Morgan fingerprint density at radius 3 is 2.25 bits per heavy atom. The number of nitrogens with two attached hydrogens (primary N) is 1. The van der Waals surface area contributed by atoms with Gasteiger partial charge in [0.15, 0.2) is 0 Å². The molecule has 16 heavy (non-hydrogen) atoms. The fourth-order valence-corrected chi connectivity index (χ4v) is 2.33. The molecule has 0 saturated carbocycles. The van der Waals surface area contributed by atoms with Crippen LogP contribution in [0.15, 0.2) is 24.3 Å². The van der Waals surface area contributed by atoms with Crippen LogP contribution in [-0.2, 0) is 9.84 Å². The molecular weight excluding hydrogens is 222 g/mol. The van der Waals surface area contributed by atoms with Gasteiger partial charge in [0.2, 0.25) is 0 Å². The summed E-state index contributed by atoms with van der Waals surface area (Å²) in [6, 6.07) is 8.10. The molecule has 0 radical (unpaired) electrons. The number of sulfone groups is 1. The second-order valence-electron chi connectivity index (χ2n) is 4.26. The first-order valence-electron chi connectivity index (χ1n) is 5.37. The molecule has 0 aliphatic heterocycles. The van der Waals surface area contributed by atoms with Gasteiger partial charge < -0.3 is 5.73 Å². The minimum absolute atomic E-state index is 0.135. The van der Waals surface area contributed by atoms with Crippen molar-refractivity contribution in [1.82, 2.24) is 0 Å². The van der Waals surface area contributed by atoms with Crippen molar-refractivity contribution in [1.29, 1.82) is 0 Å². The molecule has 0 saturated heterocycles. The molecule has 3 nitrogen and oxygen atoms in total. The zero-order valence-electron chi connectivity index (χ0n) is 9.81. The minimum Gasteiger partial charge on any atom is -0.330 e. The van der Waals surface area contributed by atoms with E-state index in [1.807, 2.05) is 31.2 Å². The van der Waals surface area contributed by atoms with Crippen molar-refractivity contribution in [3.8, 4) is 0 Å². The van der Waals surface area contributed by atoms with Crippen LogP contribution in [-0.4, -0.2) is 27.0 Å². The predicted molar refractivity (Wildman–Crippen MR) is 67.3 cm³/mol. The van der Waals surface area contributed by atoms with E-state index < -0.39 is 9.84 Å².